The number of amides is 1. The van der Waals surface area contributed by atoms with E-state index in [1.165, 1.54) is 0 Å². The summed E-state index contributed by atoms with van der Waals surface area (Å²) in [5.41, 5.74) is 6.54. The second-order valence-electron chi connectivity index (χ2n) is 5.80. The Balaban J connectivity index is 1.89. The zero-order valence-corrected chi connectivity index (χ0v) is 11.8. The number of likely N-dealkylation sites (N-methyl/N-ethyl adjacent to an activating group) is 1. The van der Waals surface area contributed by atoms with Crippen LogP contribution in [0.2, 0.25) is 0 Å². The lowest BCUT2D eigenvalue weighted by atomic mass is 9.62. The Kier molecular flexibility index (Phi) is 4.20. The molecule has 1 amide bonds. The highest BCUT2D eigenvalue weighted by Crippen LogP contribution is 2.45. The molecule has 0 saturated heterocycles. The van der Waals surface area contributed by atoms with Crippen molar-refractivity contribution in [3.8, 4) is 0 Å². The van der Waals surface area contributed by atoms with E-state index in [-0.39, 0.29) is 11.3 Å². The number of nitrogens with zero attached hydrogens (tertiary/aromatic N) is 2. The van der Waals surface area contributed by atoms with Crippen LogP contribution < -0.4 is 5.73 Å². The third-order valence-electron chi connectivity index (χ3n) is 4.10. The SMILES string of the molecule is CC1CC(CN)(C(=O)N(C)CCc2ccccn2)C1. The Morgan fingerprint density at radius 1 is 1.53 bits per heavy atom. The number of hydrogen-bond donors (Lipinski definition) is 1. The third kappa shape index (κ3) is 2.95. The van der Waals surface area contributed by atoms with Crippen LogP contribution in [0.5, 0.6) is 0 Å². The van der Waals surface area contributed by atoms with Crippen LogP contribution in [0, 0.1) is 11.3 Å². The van der Waals surface area contributed by atoms with Gasteiger partial charge in [0.25, 0.3) is 0 Å². The molecule has 2 N–H and O–H groups in total. The summed E-state index contributed by atoms with van der Waals surface area (Å²) in [6.45, 7) is 3.34. The molecule has 1 aliphatic carbocycles. The molecule has 1 aromatic heterocycles. The van der Waals surface area contributed by atoms with E-state index < -0.39 is 0 Å². The first-order valence-corrected chi connectivity index (χ1v) is 6.93. The summed E-state index contributed by atoms with van der Waals surface area (Å²) >= 11 is 0. The van der Waals surface area contributed by atoms with Gasteiger partial charge >= 0.3 is 0 Å². The lowest BCUT2D eigenvalue weighted by Gasteiger charge is -2.46. The second-order valence-corrected chi connectivity index (χ2v) is 5.80. The minimum absolute atomic E-state index is 0.198. The first-order valence-electron chi connectivity index (χ1n) is 6.93. The van der Waals surface area contributed by atoms with Gasteiger partial charge in [-0.25, -0.2) is 0 Å². The highest BCUT2D eigenvalue weighted by molar-refractivity contribution is 5.83. The van der Waals surface area contributed by atoms with Crippen LogP contribution in [-0.4, -0.2) is 35.9 Å². The van der Waals surface area contributed by atoms with Gasteiger partial charge in [-0.2, -0.15) is 0 Å². The first kappa shape index (κ1) is 14.0. The van der Waals surface area contributed by atoms with E-state index in [0.29, 0.717) is 19.0 Å². The summed E-state index contributed by atoms with van der Waals surface area (Å²) < 4.78 is 0. The molecule has 0 bridgehead atoms. The predicted molar refractivity (Wildman–Crippen MR) is 75.5 cm³/mol. The second kappa shape index (κ2) is 5.70. The van der Waals surface area contributed by atoms with Crippen molar-refractivity contribution in [3.63, 3.8) is 0 Å². The van der Waals surface area contributed by atoms with Crippen molar-refractivity contribution in [1.82, 2.24) is 9.88 Å². The van der Waals surface area contributed by atoms with Gasteiger partial charge in [0.2, 0.25) is 5.91 Å². The molecule has 0 spiro atoms. The van der Waals surface area contributed by atoms with E-state index in [4.69, 9.17) is 5.73 Å². The molecular weight excluding hydrogens is 238 g/mol. The molecule has 1 fully saturated rings. The summed E-state index contributed by atoms with van der Waals surface area (Å²) in [4.78, 5) is 18.6. The average Bonchev–Trinajstić information content (AvgIpc) is 2.41. The number of carbonyl (C=O) groups excluding carboxylic acids is 1. The monoisotopic (exact) mass is 261 g/mol. The highest BCUT2D eigenvalue weighted by atomic mass is 16.2. The molecule has 19 heavy (non-hydrogen) atoms. The van der Waals surface area contributed by atoms with Crippen molar-refractivity contribution in [2.75, 3.05) is 20.1 Å². The number of aromatic nitrogens is 1. The Hall–Kier alpha value is -1.42. The van der Waals surface area contributed by atoms with Gasteiger partial charge < -0.3 is 10.6 Å². The molecule has 0 radical (unpaired) electrons. The third-order valence-corrected chi connectivity index (χ3v) is 4.10. The number of pyridine rings is 1. The molecule has 1 saturated carbocycles. The fourth-order valence-electron chi connectivity index (χ4n) is 3.04. The van der Waals surface area contributed by atoms with Gasteiger partial charge in [0.1, 0.15) is 0 Å². The smallest absolute Gasteiger partial charge is 0.229 e. The van der Waals surface area contributed by atoms with E-state index >= 15 is 0 Å². The quantitative estimate of drug-likeness (QED) is 0.873. The molecule has 0 aromatic carbocycles. The van der Waals surface area contributed by atoms with Crippen LogP contribution in [-0.2, 0) is 11.2 Å². The Bertz CT molecular complexity index is 426. The number of carbonyl (C=O) groups is 1. The molecule has 0 atom stereocenters. The summed E-state index contributed by atoms with van der Waals surface area (Å²) in [6, 6.07) is 5.86. The standard InChI is InChI=1S/C15H23N3O/c1-12-9-15(10-12,11-16)14(19)18(2)8-6-13-5-3-4-7-17-13/h3-5,7,12H,6,8-11,16H2,1-2H3. The van der Waals surface area contributed by atoms with Gasteiger partial charge in [0.15, 0.2) is 0 Å². The van der Waals surface area contributed by atoms with Crippen molar-refractivity contribution in [2.24, 2.45) is 17.1 Å². The minimum atomic E-state index is -0.293. The Morgan fingerprint density at radius 2 is 2.26 bits per heavy atom. The van der Waals surface area contributed by atoms with E-state index in [9.17, 15) is 4.79 Å². The van der Waals surface area contributed by atoms with Crippen molar-refractivity contribution in [2.45, 2.75) is 26.2 Å². The van der Waals surface area contributed by atoms with Crippen molar-refractivity contribution in [3.05, 3.63) is 30.1 Å². The van der Waals surface area contributed by atoms with Gasteiger partial charge in [-0.15, -0.1) is 0 Å². The number of nitrogens with two attached hydrogens (primary N) is 1. The van der Waals surface area contributed by atoms with E-state index in [2.05, 4.69) is 11.9 Å². The summed E-state index contributed by atoms with van der Waals surface area (Å²) in [5.74, 6) is 0.820. The van der Waals surface area contributed by atoms with Crippen LogP contribution in [0.3, 0.4) is 0 Å². The summed E-state index contributed by atoms with van der Waals surface area (Å²) in [7, 11) is 1.87. The van der Waals surface area contributed by atoms with Crippen molar-refractivity contribution in [1.29, 1.82) is 0 Å². The summed E-state index contributed by atoms with van der Waals surface area (Å²) in [5, 5.41) is 0. The maximum atomic E-state index is 12.5. The zero-order chi connectivity index (χ0) is 13.9. The Morgan fingerprint density at radius 3 is 2.79 bits per heavy atom. The molecule has 1 aromatic rings. The maximum Gasteiger partial charge on any atom is 0.229 e. The molecule has 4 heteroatoms. The van der Waals surface area contributed by atoms with Crippen LogP contribution in [0.1, 0.15) is 25.5 Å². The van der Waals surface area contributed by atoms with Crippen LogP contribution >= 0.6 is 0 Å². The lowest BCUT2D eigenvalue weighted by molar-refractivity contribution is -0.148. The van der Waals surface area contributed by atoms with Gasteiger partial charge in [-0.05, 0) is 30.9 Å². The normalized spacial score (nSPS) is 25.7. The largest absolute Gasteiger partial charge is 0.345 e. The predicted octanol–water partition coefficient (Wildman–Crippen LogP) is 1.46. The Labute approximate surface area is 115 Å². The van der Waals surface area contributed by atoms with Crippen LogP contribution in [0.15, 0.2) is 24.4 Å². The van der Waals surface area contributed by atoms with Gasteiger partial charge in [0, 0.05) is 38.4 Å². The molecule has 1 aliphatic rings. The van der Waals surface area contributed by atoms with E-state index in [1.54, 1.807) is 6.20 Å². The zero-order valence-electron chi connectivity index (χ0n) is 11.8. The van der Waals surface area contributed by atoms with Crippen molar-refractivity contribution < 1.29 is 4.79 Å². The average molecular weight is 261 g/mol. The molecule has 4 nitrogen and oxygen atoms in total. The molecule has 0 unspecified atom stereocenters. The fraction of sp³-hybridized carbons (Fsp3) is 0.600. The number of hydrogen-bond acceptors (Lipinski definition) is 3. The van der Waals surface area contributed by atoms with Crippen molar-refractivity contribution >= 4 is 5.91 Å². The van der Waals surface area contributed by atoms with Gasteiger partial charge in [-0.1, -0.05) is 13.0 Å². The highest BCUT2D eigenvalue weighted by Gasteiger charge is 2.48. The first-order chi connectivity index (χ1) is 9.07. The van der Waals surface area contributed by atoms with E-state index in [0.717, 1.165) is 25.0 Å². The lowest BCUT2D eigenvalue weighted by Crippen LogP contribution is -2.54. The van der Waals surface area contributed by atoms with Crippen LogP contribution in [0.4, 0.5) is 0 Å². The molecule has 0 aliphatic heterocycles. The van der Waals surface area contributed by atoms with Crippen LogP contribution in [0.25, 0.3) is 0 Å². The maximum absolute atomic E-state index is 12.5. The molecular formula is C15H23N3O. The topological polar surface area (TPSA) is 59.2 Å². The van der Waals surface area contributed by atoms with E-state index in [1.807, 2.05) is 30.1 Å². The number of rotatable bonds is 5. The van der Waals surface area contributed by atoms with Gasteiger partial charge in [0.05, 0.1) is 5.41 Å². The summed E-state index contributed by atoms with van der Waals surface area (Å²) in [6.07, 6.45) is 4.43. The minimum Gasteiger partial charge on any atom is -0.345 e. The fourth-order valence-corrected chi connectivity index (χ4v) is 3.04. The molecule has 104 valence electrons. The van der Waals surface area contributed by atoms with Gasteiger partial charge in [-0.3, -0.25) is 9.78 Å². The molecule has 2 rings (SSSR count). The molecule has 1 heterocycles.